The Labute approximate surface area is 250 Å². The van der Waals surface area contributed by atoms with Crippen LogP contribution in [0.1, 0.15) is 65.2 Å². The summed E-state index contributed by atoms with van der Waals surface area (Å²) in [5, 5.41) is 14.0. The summed E-state index contributed by atoms with van der Waals surface area (Å²) in [6.45, 7) is 6.63. The van der Waals surface area contributed by atoms with Crippen molar-refractivity contribution in [3.05, 3.63) is 74.4 Å². The van der Waals surface area contributed by atoms with Crippen molar-refractivity contribution in [3.63, 3.8) is 0 Å². The normalized spacial score (nSPS) is 20.7. The highest BCUT2D eigenvalue weighted by atomic mass is 35.5. The van der Waals surface area contributed by atoms with Gasteiger partial charge in [-0.15, -0.1) is 0 Å². The van der Waals surface area contributed by atoms with Crippen molar-refractivity contribution in [1.29, 1.82) is 0 Å². The fourth-order valence-electron chi connectivity index (χ4n) is 5.72. The molecule has 9 nitrogen and oxygen atoms in total. The van der Waals surface area contributed by atoms with Gasteiger partial charge in [0.15, 0.2) is 0 Å². The zero-order valence-electron chi connectivity index (χ0n) is 23.8. The van der Waals surface area contributed by atoms with Gasteiger partial charge in [0.05, 0.1) is 10.6 Å². The Balaban J connectivity index is 1.26. The number of sulfonamides is 1. The Bertz CT molecular complexity index is 1580. The summed E-state index contributed by atoms with van der Waals surface area (Å²) in [7, 11) is -3.79. The zero-order valence-corrected chi connectivity index (χ0v) is 25.4. The maximum Gasteiger partial charge on any atom is 0.253 e. The van der Waals surface area contributed by atoms with Crippen LogP contribution in [-0.2, 0) is 14.8 Å². The van der Waals surface area contributed by atoms with Crippen LogP contribution in [0, 0.1) is 19.7 Å². The number of hydrogen-bond acceptors (Lipinski definition) is 6. The number of likely N-dealkylation sites (tertiary alicyclic amines) is 1. The van der Waals surface area contributed by atoms with Crippen LogP contribution in [0.3, 0.4) is 0 Å². The van der Waals surface area contributed by atoms with E-state index in [0.29, 0.717) is 42.6 Å². The molecule has 0 bridgehead atoms. The van der Waals surface area contributed by atoms with Crippen LogP contribution in [0.2, 0.25) is 5.02 Å². The molecule has 0 atom stereocenters. The first-order chi connectivity index (χ1) is 19.7. The molecule has 0 radical (unpaired) electrons. The number of nitrogens with one attached hydrogen (secondary N) is 1. The third-order valence-electron chi connectivity index (χ3n) is 8.46. The van der Waals surface area contributed by atoms with E-state index in [1.807, 2.05) is 13.8 Å². The predicted octanol–water partition coefficient (Wildman–Crippen LogP) is 3.79. The molecule has 2 aromatic rings. The van der Waals surface area contributed by atoms with Gasteiger partial charge in [0.25, 0.3) is 11.8 Å². The number of aliphatic imine (C=N–C) groups is 1. The van der Waals surface area contributed by atoms with Crippen molar-refractivity contribution in [2.24, 2.45) is 4.99 Å². The van der Waals surface area contributed by atoms with Crippen molar-refractivity contribution >= 4 is 45.4 Å². The van der Waals surface area contributed by atoms with E-state index in [2.05, 4.69) is 10.3 Å². The molecule has 0 saturated carbocycles. The molecule has 224 valence electrons. The summed E-state index contributed by atoms with van der Waals surface area (Å²) in [6.07, 6.45) is 2.99. The van der Waals surface area contributed by atoms with Crippen LogP contribution < -0.4 is 5.32 Å². The molecule has 0 unspecified atom stereocenters. The van der Waals surface area contributed by atoms with Crippen molar-refractivity contribution in [2.45, 2.75) is 57.6 Å². The predicted molar refractivity (Wildman–Crippen MR) is 159 cm³/mol. The number of carbonyl (C=O) groups is 2. The van der Waals surface area contributed by atoms with Crippen LogP contribution in [-0.4, -0.2) is 77.7 Å². The minimum atomic E-state index is -3.79. The van der Waals surface area contributed by atoms with Crippen molar-refractivity contribution < 1.29 is 27.5 Å². The average molecular weight is 617 g/mol. The highest BCUT2D eigenvalue weighted by Gasteiger charge is 2.47. The van der Waals surface area contributed by atoms with Crippen molar-refractivity contribution in [2.75, 3.05) is 26.2 Å². The number of carbonyl (C=O) groups excluding carboxylic acids is 2. The standard InChI is InChI=1S/C30H34ClFN4O5S/c1-19-16-22(27(37)35-11-7-29(3,39)8-12-35)17-20(2)23(19)6-15-42(40,41)36-13-9-30(10-14-36)28(38)33-26(34-30)21-4-5-25(32)24(31)18-21/h4-6,15-18,39H,7-14H2,1-3H3,(H,33,34,38)/b15-6+. The molecule has 2 saturated heterocycles. The fraction of sp³-hybridized carbons (Fsp3) is 0.433. The van der Waals surface area contributed by atoms with E-state index in [-0.39, 0.29) is 48.6 Å². The molecular weight excluding hydrogens is 583 g/mol. The second-order valence-corrected chi connectivity index (χ2v) is 13.9. The third-order valence-corrected chi connectivity index (χ3v) is 10.3. The topological polar surface area (TPSA) is 119 Å². The molecule has 0 aromatic heterocycles. The number of amides is 2. The molecule has 3 aliphatic rings. The summed E-state index contributed by atoms with van der Waals surface area (Å²) in [6, 6.07) is 7.61. The Morgan fingerprint density at radius 1 is 1.07 bits per heavy atom. The number of rotatable bonds is 5. The number of nitrogens with zero attached hydrogens (tertiary/aromatic N) is 3. The molecule has 2 aromatic carbocycles. The lowest BCUT2D eigenvalue weighted by molar-refractivity contribution is -0.124. The highest BCUT2D eigenvalue weighted by Crippen LogP contribution is 2.33. The van der Waals surface area contributed by atoms with Gasteiger partial charge in [-0.05, 0) is 99.6 Å². The highest BCUT2D eigenvalue weighted by molar-refractivity contribution is 7.92. The Kier molecular flexibility index (Phi) is 8.08. The number of halogens is 2. The lowest BCUT2D eigenvalue weighted by Gasteiger charge is -2.36. The quantitative estimate of drug-likeness (QED) is 0.530. The minimum absolute atomic E-state index is 0.0815. The molecule has 12 heteroatoms. The van der Waals surface area contributed by atoms with E-state index in [1.165, 1.54) is 27.9 Å². The van der Waals surface area contributed by atoms with E-state index in [0.717, 1.165) is 11.1 Å². The van der Waals surface area contributed by atoms with Gasteiger partial charge >= 0.3 is 0 Å². The Hall–Kier alpha value is -3.12. The molecule has 0 aliphatic carbocycles. The summed E-state index contributed by atoms with van der Waals surface area (Å²) < 4.78 is 41.4. The second kappa shape index (κ2) is 11.2. The molecule has 5 rings (SSSR count). The average Bonchev–Trinajstić information content (AvgIpc) is 3.24. The van der Waals surface area contributed by atoms with E-state index >= 15 is 0 Å². The number of hydrogen-bond donors (Lipinski definition) is 2. The number of benzene rings is 2. The van der Waals surface area contributed by atoms with Crippen LogP contribution in [0.25, 0.3) is 6.08 Å². The number of amidine groups is 1. The van der Waals surface area contributed by atoms with Gasteiger partial charge < -0.3 is 15.3 Å². The minimum Gasteiger partial charge on any atom is -0.390 e. The lowest BCUT2D eigenvalue weighted by atomic mass is 9.89. The maximum atomic E-state index is 13.6. The summed E-state index contributed by atoms with van der Waals surface area (Å²) in [5.41, 5.74) is 1.43. The third kappa shape index (κ3) is 6.01. The zero-order chi connectivity index (χ0) is 30.4. The van der Waals surface area contributed by atoms with Gasteiger partial charge in [0, 0.05) is 42.7 Å². The molecule has 3 heterocycles. The Morgan fingerprint density at radius 2 is 1.69 bits per heavy atom. The molecule has 42 heavy (non-hydrogen) atoms. The van der Waals surface area contributed by atoms with Crippen molar-refractivity contribution in [1.82, 2.24) is 14.5 Å². The van der Waals surface area contributed by atoms with Gasteiger partial charge in [-0.25, -0.2) is 12.8 Å². The van der Waals surface area contributed by atoms with Gasteiger partial charge in [0.1, 0.15) is 17.2 Å². The van der Waals surface area contributed by atoms with E-state index < -0.39 is 27.0 Å². The number of aliphatic hydroxyl groups is 1. The first-order valence-electron chi connectivity index (χ1n) is 13.9. The van der Waals surface area contributed by atoms with E-state index in [4.69, 9.17) is 11.6 Å². The first-order valence-corrected chi connectivity index (χ1v) is 15.8. The molecule has 2 N–H and O–H groups in total. The van der Waals surface area contributed by atoms with Gasteiger partial charge in [-0.2, -0.15) is 4.31 Å². The maximum absolute atomic E-state index is 13.6. The van der Waals surface area contributed by atoms with E-state index in [1.54, 1.807) is 30.0 Å². The fourth-order valence-corrected chi connectivity index (χ4v) is 7.07. The second-order valence-electron chi connectivity index (χ2n) is 11.6. The molecule has 3 aliphatic heterocycles. The molecule has 2 amide bonds. The van der Waals surface area contributed by atoms with Crippen LogP contribution in [0.5, 0.6) is 0 Å². The smallest absolute Gasteiger partial charge is 0.253 e. The largest absolute Gasteiger partial charge is 0.390 e. The number of aryl methyl sites for hydroxylation is 2. The summed E-state index contributed by atoms with van der Waals surface area (Å²) >= 11 is 5.88. The van der Waals surface area contributed by atoms with Crippen molar-refractivity contribution in [3.8, 4) is 0 Å². The van der Waals surface area contributed by atoms with Crippen LogP contribution in [0.15, 0.2) is 40.7 Å². The Morgan fingerprint density at radius 3 is 2.29 bits per heavy atom. The lowest BCUT2D eigenvalue weighted by Crippen LogP contribution is -2.50. The summed E-state index contributed by atoms with van der Waals surface area (Å²) in [4.78, 5) is 32.3. The number of piperidine rings is 2. The van der Waals surface area contributed by atoms with Gasteiger partial charge in [0.2, 0.25) is 10.0 Å². The molecular formula is C30H34ClFN4O5S. The molecule has 2 fully saturated rings. The molecule has 1 spiro atoms. The van der Waals surface area contributed by atoms with E-state index in [9.17, 15) is 27.5 Å². The van der Waals surface area contributed by atoms with Gasteiger partial charge in [-0.1, -0.05) is 11.6 Å². The summed E-state index contributed by atoms with van der Waals surface area (Å²) in [5.74, 6) is -0.708. The van der Waals surface area contributed by atoms with Gasteiger partial charge in [-0.3, -0.25) is 14.6 Å². The van der Waals surface area contributed by atoms with Crippen LogP contribution in [0.4, 0.5) is 4.39 Å². The SMILES string of the molecule is Cc1cc(C(=O)N2CCC(C)(O)CC2)cc(C)c1/C=C/S(=O)(=O)N1CCC2(CC1)N=C(c1ccc(F)c(Cl)c1)NC2=O. The first kappa shape index (κ1) is 30.3. The monoisotopic (exact) mass is 616 g/mol. The van der Waals surface area contributed by atoms with Crippen LogP contribution >= 0.6 is 11.6 Å².